The largest absolute Gasteiger partial charge is 0.378 e. The van der Waals surface area contributed by atoms with Gasteiger partial charge in [0.2, 0.25) is 5.91 Å². The van der Waals surface area contributed by atoms with Crippen LogP contribution in [0.15, 0.2) is 54.6 Å². The molecule has 2 amide bonds. The molecule has 1 fully saturated rings. The van der Waals surface area contributed by atoms with E-state index in [0.29, 0.717) is 38.3 Å². The number of ether oxygens (including phenoxy) is 1. The van der Waals surface area contributed by atoms with E-state index in [0.717, 1.165) is 31.2 Å². The number of hydrogen-bond donors (Lipinski definition) is 2. The smallest absolute Gasteiger partial charge is 0.254 e. The van der Waals surface area contributed by atoms with E-state index in [1.54, 1.807) is 4.90 Å². The number of benzene rings is 2. The highest BCUT2D eigenvalue weighted by Gasteiger charge is 2.20. The molecule has 6 nitrogen and oxygen atoms in total. The Bertz CT molecular complexity index is 848. The Kier molecular flexibility index (Phi) is 9.26. The van der Waals surface area contributed by atoms with Crippen molar-refractivity contribution in [3.05, 3.63) is 71.3 Å². The lowest BCUT2D eigenvalue weighted by atomic mass is 10.00. The van der Waals surface area contributed by atoms with Gasteiger partial charge in [0, 0.05) is 24.7 Å². The number of carbonyl (C=O) groups excluding carboxylic acids is 2. The summed E-state index contributed by atoms with van der Waals surface area (Å²) in [4.78, 5) is 27.1. The molecule has 0 aromatic heterocycles. The summed E-state index contributed by atoms with van der Waals surface area (Å²) in [5, 5.41) is 3.14. The monoisotopic (exact) mass is 437 g/mol. The number of morpholine rings is 1. The molecule has 2 aromatic carbocycles. The molecule has 2 aromatic rings. The zero-order valence-corrected chi connectivity index (χ0v) is 19.0. The molecule has 0 bridgehead atoms. The average molecular weight is 438 g/mol. The van der Waals surface area contributed by atoms with Gasteiger partial charge in [-0.2, -0.15) is 0 Å². The van der Waals surface area contributed by atoms with E-state index in [4.69, 9.17) is 10.5 Å². The fourth-order valence-electron chi connectivity index (χ4n) is 4.01. The molecular weight excluding hydrogens is 402 g/mol. The normalized spacial score (nSPS) is 15.8. The van der Waals surface area contributed by atoms with Gasteiger partial charge >= 0.3 is 0 Å². The first-order valence-electron chi connectivity index (χ1n) is 11.6. The van der Waals surface area contributed by atoms with Gasteiger partial charge in [0.15, 0.2) is 0 Å². The Balaban J connectivity index is 1.50. The highest BCUT2D eigenvalue weighted by Crippen LogP contribution is 2.12. The number of nitrogens with one attached hydrogen (secondary N) is 1. The van der Waals surface area contributed by atoms with Crippen LogP contribution < -0.4 is 11.1 Å². The van der Waals surface area contributed by atoms with Gasteiger partial charge < -0.3 is 20.7 Å². The van der Waals surface area contributed by atoms with E-state index >= 15 is 0 Å². The van der Waals surface area contributed by atoms with Crippen molar-refractivity contribution in [2.24, 2.45) is 5.73 Å². The van der Waals surface area contributed by atoms with E-state index in [1.807, 2.05) is 42.5 Å². The molecule has 1 aliphatic heterocycles. The zero-order valence-electron chi connectivity index (χ0n) is 19.0. The molecule has 0 radical (unpaired) electrons. The first-order valence-corrected chi connectivity index (χ1v) is 11.6. The van der Waals surface area contributed by atoms with E-state index in [-0.39, 0.29) is 17.9 Å². The van der Waals surface area contributed by atoms with Crippen LogP contribution >= 0.6 is 0 Å². The summed E-state index contributed by atoms with van der Waals surface area (Å²) in [6.45, 7) is 4.53. The van der Waals surface area contributed by atoms with Crippen LogP contribution in [0.2, 0.25) is 0 Å². The maximum absolute atomic E-state index is 12.7. The lowest BCUT2D eigenvalue weighted by molar-refractivity contribution is -0.123. The zero-order chi connectivity index (χ0) is 22.8. The van der Waals surface area contributed by atoms with Crippen LogP contribution in [0, 0.1) is 0 Å². The van der Waals surface area contributed by atoms with Crippen molar-refractivity contribution in [1.29, 1.82) is 0 Å². The lowest BCUT2D eigenvalue weighted by Gasteiger charge is -2.27. The molecule has 172 valence electrons. The average Bonchev–Trinajstić information content (AvgIpc) is 2.84. The fourth-order valence-corrected chi connectivity index (χ4v) is 4.01. The summed E-state index contributed by atoms with van der Waals surface area (Å²) >= 11 is 0. The third-order valence-electron chi connectivity index (χ3n) is 5.90. The molecule has 0 spiro atoms. The van der Waals surface area contributed by atoms with Gasteiger partial charge in [-0.25, -0.2) is 0 Å². The molecule has 0 unspecified atom stereocenters. The Morgan fingerprint density at radius 2 is 1.69 bits per heavy atom. The molecule has 6 heteroatoms. The molecule has 1 heterocycles. The molecule has 1 aliphatic rings. The number of carbonyl (C=O) groups is 2. The van der Waals surface area contributed by atoms with Crippen molar-refractivity contribution < 1.29 is 14.3 Å². The maximum atomic E-state index is 12.7. The van der Waals surface area contributed by atoms with Crippen molar-refractivity contribution in [3.63, 3.8) is 0 Å². The minimum absolute atomic E-state index is 0.0164. The molecule has 0 saturated carbocycles. The fraction of sp³-hybridized carbons (Fsp3) is 0.462. The van der Waals surface area contributed by atoms with Crippen molar-refractivity contribution in [1.82, 2.24) is 10.2 Å². The van der Waals surface area contributed by atoms with Crippen LogP contribution in [-0.2, 0) is 22.4 Å². The summed E-state index contributed by atoms with van der Waals surface area (Å²) in [5.41, 5.74) is 9.09. The Hall–Kier alpha value is -2.70. The molecule has 0 aliphatic carbocycles. The number of amides is 2. The first kappa shape index (κ1) is 24.0. The number of nitrogens with zero attached hydrogens (tertiary/aromatic N) is 1. The van der Waals surface area contributed by atoms with Gasteiger partial charge in [-0.05, 0) is 48.9 Å². The second-order valence-electron chi connectivity index (χ2n) is 8.43. The SMILES string of the molecule is CCC[C@@H](CCc1ccccc1)NC(=O)[C@@H](N)Cc1ccc(C(=O)N2CCOCC2)cc1. The molecule has 3 N–H and O–H groups in total. The minimum Gasteiger partial charge on any atom is -0.378 e. The van der Waals surface area contributed by atoms with Crippen LogP contribution in [0.4, 0.5) is 0 Å². The summed E-state index contributed by atoms with van der Waals surface area (Å²) in [6.07, 6.45) is 4.21. The quantitative estimate of drug-likeness (QED) is 0.599. The van der Waals surface area contributed by atoms with Crippen molar-refractivity contribution >= 4 is 11.8 Å². The Morgan fingerprint density at radius 1 is 1.00 bits per heavy atom. The molecular formula is C26H35N3O3. The lowest BCUT2D eigenvalue weighted by Crippen LogP contribution is -2.46. The minimum atomic E-state index is -0.619. The summed E-state index contributed by atoms with van der Waals surface area (Å²) < 4.78 is 5.31. The Morgan fingerprint density at radius 3 is 2.34 bits per heavy atom. The van der Waals surface area contributed by atoms with E-state index < -0.39 is 6.04 Å². The first-order chi connectivity index (χ1) is 15.6. The van der Waals surface area contributed by atoms with Crippen LogP contribution in [0.25, 0.3) is 0 Å². The van der Waals surface area contributed by atoms with Crippen LogP contribution in [-0.4, -0.2) is 55.1 Å². The topological polar surface area (TPSA) is 84.7 Å². The van der Waals surface area contributed by atoms with E-state index in [9.17, 15) is 9.59 Å². The van der Waals surface area contributed by atoms with Crippen LogP contribution in [0.1, 0.15) is 47.7 Å². The summed E-state index contributed by atoms with van der Waals surface area (Å²) in [5.74, 6) is -0.104. The second-order valence-corrected chi connectivity index (χ2v) is 8.43. The van der Waals surface area contributed by atoms with Crippen molar-refractivity contribution in [2.45, 2.75) is 51.1 Å². The van der Waals surface area contributed by atoms with Crippen molar-refractivity contribution in [2.75, 3.05) is 26.3 Å². The summed E-state index contributed by atoms with van der Waals surface area (Å²) in [7, 11) is 0. The van der Waals surface area contributed by atoms with Gasteiger partial charge in [0.25, 0.3) is 5.91 Å². The highest BCUT2D eigenvalue weighted by molar-refractivity contribution is 5.94. The number of nitrogens with two attached hydrogens (primary N) is 1. The summed E-state index contributed by atoms with van der Waals surface area (Å²) in [6, 6.07) is 17.2. The second kappa shape index (κ2) is 12.4. The van der Waals surface area contributed by atoms with Gasteiger partial charge in [-0.3, -0.25) is 9.59 Å². The number of rotatable bonds is 10. The highest BCUT2D eigenvalue weighted by atomic mass is 16.5. The molecule has 32 heavy (non-hydrogen) atoms. The van der Waals surface area contributed by atoms with Gasteiger partial charge in [0.05, 0.1) is 19.3 Å². The predicted molar refractivity (Wildman–Crippen MR) is 126 cm³/mol. The van der Waals surface area contributed by atoms with Gasteiger partial charge in [-0.15, -0.1) is 0 Å². The standard InChI is InChI=1S/C26H35N3O3/c1-2-6-23(14-11-20-7-4-3-5-8-20)28-25(30)24(27)19-21-9-12-22(13-10-21)26(31)29-15-17-32-18-16-29/h3-5,7-10,12-13,23-24H,2,6,11,14-19,27H2,1H3,(H,28,30)/t23-,24-/m0/s1. The molecule has 1 saturated heterocycles. The molecule has 2 atom stereocenters. The van der Waals surface area contributed by atoms with Crippen molar-refractivity contribution in [3.8, 4) is 0 Å². The maximum Gasteiger partial charge on any atom is 0.254 e. The van der Waals surface area contributed by atoms with Gasteiger partial charge in [0.1, 0.15) is 0 Å². The van der Waals surface area contributed by atoms with E-state index in [1.165, 1.54) is 5.56 Å². The number of hydrogen-bond acceptors (Lipinski definition) is 4. The van der Waals surface area contributed by atoms with E-state index in [2.05, 4.69) is 24.4 Å². The number of aryl methyl sites for hydroxylation is 1. The third kappa shape index (κ3) is 7.18. The predicted octanol–water partition coefficient (Wildman–Crippen LogP) is 2.95. The third-order valence-corrected chi connectivity index (χ3v) is 5.90. The van der Waals surface area contributed by atoms with Crippen LogP contribution in [0.5, 0.6) is 0 Å². The Labute approximate surface area is 191 Å². The van der Waals surface area contributed by atoms with Crippen LogP contribution in [0.3, 0.4) is 0 Å². The van der Waals surface area contributed by atoms with Gasteiger partial charge in [-0.1, -0.05) is 55.8 Å². The molecule has 3 rings (SSSR count).